The van der Waals surface area contributed by atoms with Crippen molar-refractivity contribution in [3.8, 4) is 0 Å². The Kier molecular flexibility index (Phi) is 5.26. The van der Waals surface area contributed by atoms with Crippen molar-refractivity contribution in [2.24, 2.45) is 17.6 Å². The lowest BCUT2D eigenvalue weighted by atomic mass is 9.78. The Balaban J connectivity index is 2.00. The average Bonchev–Trinajstić information content (AvgIpc) is 2.38. The number of piperidine rings is 1. The molecule has 3 heteroatoms. The highest BCUT2D eigenvalue weighted by Gasteiger charge is 2.35. The second-order valence-electron chi connectivity index (χ2n) is 6.74. The average molecular weight is 266 g/mol. The van der Waals surface area contributed by atoms with Crippen molar-refractivity contribution in [3.63, 3.8) is 0 Å². The summed E-state index contributed by atoms with van der Waals surface area (Å²) < 4.78 is 0. The summed E-state index contributed by atoms with van der Waals surface area (Å²) in [4.78, 5) is 15.0. The van der Waals surface area contributed by atoms with Crippen LogP contribution in [-0.4, -0.2) is 29.4 Å². The molecular weight excluding hydrogens is 236 g/mol. The van der Waals surface area contributed by atoms with Crippen molar-refractivity contribution in [1.29, 1.82) is 0 Å². The third-order valence-corrected chi connectivity index (χ3v) is 4.86. The van der Waals surface area contributed by atoms with Gasteiger partial charge in [-0.2, -0.15) is 0 Å². The predicted octanol–water partition coefficient (Wildman–Crippen LogP) is 2.93. The minimum atomic E-state index is 0.191. The fraction of sp³-hybridized carbons (Fsp3) is 0.938. The molecule has 0 aromatic heterocycles. The molecule has 110 valence electrons. The monoisotopic (exact) mass is 266 g/mol. The highest BCUT2D eigenvalue weighted by molar-refractivity contribution is 5.79. The van der Waals surface area contributed by atoms with E-state index >= 15 is 0 Å². The van der Waals surface area contributed by atoms with Gasteiger partial charge in [0, 0.05) is 24.5 Å². The van der Waals surface area contributed by atoms with Crippen LogP contribution in [0, 0.1) is 11.8 Å². The fourth-order valence-corrected chi connectivity index (χ4v) is 4.02. The first kappa shape index (κ1) is 14.8. The van der Waals surface area contributed by atoms with E-state index in [0.717, 1.165) is 25.8 Å². The number of likely N-dealkylation sites (tertiary alicyclic amines) is 1. The van der Waals surface area contributed by atoms with E-state index in [4.69, 9.17) is 5.73 Å². The van der Waals surface area contributed by atoms with Crippen LogP contribution >= 0.6 is 0 Å². The zero-order chi connectivity index (χ0) is 13.8. The third kappa shape index (κ3) is 3.71. The smallest absolute Gasteiger partial charge is 0.225 e. The minimum absolute atomic E-state index is 0.191. The molecule has 0 aromatic carbocycles. The van der Waals surface area contributed by atoms with E-state index in [2.05, 4.69) is 18.7 Å². The van der Waals surface area contributed by atoms with E-state index in [0.29, 0.717) is 17.9 Å². The molecule has 0 bridgehead atoms. The second-order valence-corrected chi connectivity index (χ2v) is 6.74. The summed E-state index contributed by atoms with van der Waals surface area (Å²) in [7, 11) is 0. The van der Waals surface area contributed by atoms with Gasteiger partial charge in [-0.3, -0.25) is 4.79 Å². The van der Waals surface area contributed by atoms with E-state index in [9.17, 15) is 4.79 Å². The molecule has 4 unspecified atom stereocenters. The Labute approximate surface area is 117 Å². The molecule has 1 saturated carbocycles. The van der Waals surface area contributed by atoms with Gasteiger partial charge in [0.15, 0.2) is 0 Å². The van der Waals surface area contributed by atoms with Crippen LogP contribution in [0.4, 0.5) is 0 Å². The molecule has 0 radical (unpaired) electrons. The maximum absolute atomic E-state index is 12.8. The van der Waals surface area contributed by atoms with Gasteiger partial charge in [0.1, 0.15) is 0 Å². The van der Waals surface area contributed by atoms with E-state index in [1.165, 1.54) is 32.1 Å². The van der Waals surface area contributed by atoms with Crippen molar-refractivity contribution >= 4 is 5.91 Å². The van der Waals surface area contributed by atoms with Gasteiger partial charge in [0.05, 0.1) is 0 Å². The van der Waals surface area contributed by atoms with Gasteiger partial charge in [0.25, 0.3) is 0 Å². The zero-order valence-electron chi connectivity index (χ0n) is 12.6. The summed E-state index contributed by atoms with van der Waals surface area (Å²) >= 11 is 0. The number of rotatable bonds is 3. The molecule has 0 spiro atoms. The van der Waals surface area contributed by atoms with Crippen molar-refractivity contribution in [2.45, 2.75) is 77.3 Å². The van der Waals surface area contributed by atoms with Gasteiger partial charge in [-0.25, -0.2) is 0 Å². The molecule has 0 aromatic rings. The molecule has 3 nitrogen and oxygen atoms in total. The van der Waals surface area contributed by atoms with Crippen LogP contribution in [0.25, 0.3) is 0 Å². The van der Waals surface area contributed by atoms with Gasteiger partial charge in [-0.1, -0.05) is 20.3 Å². The molecule has 2 N–H and O–H groups in total. The van der Waals surface area contributed by atoms with Crippen molar-refractivity contribution in [3.05, 3.63) is 0 Å². The number of carbonyl (C=O) groups excluding carboxylic acids is 1. The van der Waals surface area contributed by atoms with Crippen LogP contribution in [0.5, 0.6) is 0 Å². The molecule has 1 aliphatic carbocycles. The summed E-state index contributed by atoms with van der Waals surface area (Å²) in [6, 6.07) is 0.729. The Morgan fingerprint density at radius 2 is 2.05 bits per heavy atom. The summed E-state index contributed by atoms with van der Waals surface area (Å²) in [6.45, 7) is 5.43. The number of amides is 1. The van der Waals surface area contributed by atoms with E-state index < -0.39 is 0 Å². The van der Waals surface area contributed by atoms with Crippen LogP contribution in [0.3, 0.4) is 0 Å². The quantitative estimate of drug-likeness (QED) is 0.853. The number of carbonyl (C=O) groups is 1. The lowest BCUT2D eigenvalue weighted by Gasteiger charge is -2.40. The maximum atomic E-state index is 12.8. The Hall–Kier alpha value is -0.570. The normalized spacial score (nSPS) is 36.3. The molecule has 1 heterocycles. The summed E-state index contributed by atoms with van der Waals surface area (Å²) in [5, 5.41) is 0. The first-order valence-corrected chi connectivity index (χ1v) is 8.17. The fourth-order valence-electron chi connectivity index (χ4n) is 4.02. The van der Waals surface area contributed by atoms with Crippen molar-refractivity contribution in [2.75, 3.05) is 6.54 Å². The Morgan fingerprint density at radius 3 is 2.74 bits per heavy atom. The summed E-state index contributed by atoms with van der Waals surface area (Å²) in [5.74, 6) is 1.20. The highest BCUT2D eigenvalue weighted by Crippen LogP contribution is 2.32. The number of hydrogen-bond acceptors (Lipinski definition) is 2. The Morgan fingerprint density at radius 1 is 1.26 bits per heavy atom. The van der Waals surface area contributed by atoms with Crippen molar-refractivity contribution < 1.29 is 4.79 Å². The molecule has 2 aliphatic rings. The molecule has 1 aliphatic heterocycles. The highest BCUT2D eigenvalue weighted by atomic mass is 16.2. The van der Waals surface area contributed by atoms with E-state index in [-0.39, 0.29) is 12.0 Å². The third-order valence-electron chi connectivity index (χ3n) is 4.86. The van der Waals surface area contributed by atoms with Gasteiger partial charge in [-0.05, 0) is 50.9 Å². The number of hydrogen-bond donors (Lipinski definition) is 1. The molecular formula is C16H30N2O. The molecule has 2 fully saturated rings. The Bertz CT molecular complexity index is 293. The standard InChI is InChI=1S/C16H30N2O/c1-3-6-15-7-4-5-8-18(15)16(19)13-9-12(2)10-14(17)11-13/h12-15H,3-11,17H2,1-2H3. The molecule has 1 saturated heterocycles. The molecule has 4 atom stereocenters. The van der Waals surface area contributed by atoms with Crippen LogP contribution in [0.2, 0.25) is 0 Å². The summed E-state index contributed by atoms with van der Waals surface area (Å²) in [6.07, 6.45) is 9.04. The van der Waals surface area contributed by atoms with Crippen LogP contribution in [-0.2, 0) is 4.79 Å². The lowest BCUT2D eigenvalue weighted by Crippen LogP contribution is -2.48. The predicted molar refractivity (Wildman–Crippen MR) is 78.7 cm³/mol. The molecule has 19 heavy (non-hydrogen) atoms. The maximum Gasteiger partial charge on any atom is 0.225 e. The zero-order valence-corrected chi connectivity index (χ0v) is 12.6. The SMILES string of the molecule is CCCC1CCCCN1C(=O)C1CC(C)CC(N)C1. The van der Waals surface area contributed by atoms with Gasteiger partial charge in [0.2, 0.25) is 5.91 Å². The van der Waals surface area contributed by atoms with Crippen LogP contribution < -0.4 is 5.73 Å². The van der Waals surface area contributed by atoms with Crippen LogP contribution in [0.15, 0.2) is 0 Å². The molecule has 1 amide bonds. The topological polar surface area (TPSA) is 46.3 Å². The second kappa shape index (κ2) is 6.74. The van der Waals surface area contributed by atoms with Crippen molar-refractivity contribution in [1.82, 2.24) is 4.90 Å². The van der Waals surface area contributed by atoms with Gasteiger partial charge >= 0.3 is 0 Å². The first-order chi connectivity index (χ1) is 9.11. The van der Waals surface area contributed by atoms with E-state index in [1.807, 2.05) is 0 Å². The first-order valence-electron chi connectivity index (χ1n) is 8.17. The van der Waals surface area contributed by atoms with Gasteiger partial charge < -0.3 is 10.6 Å². The van der Waals surface area contributed by atoms with Crippen LogP contribution in [0.1, 0.15) is 65.2 Å². The van der Waals surface area contributed by atoms with Gasteiger partial charge in [-0.15, -0.1) is 0 Å². The lowest BCUT2D eigenvalue weighted by molar-refractivity contribution is -0.141. The molecule has 2 rings (SSSR count). The number of nitrogens with zero attached hydrogens (tertiary/aromatic N) is 1. The minimum Gasteiger partial charge on any atom is -0.339 e. The summed E-state index contributed by atoms with van der Waals surface area (Å²) in [5.41, 5.74) is 6.11. The number of nitrogens with two attached hydrogens (primary N) is 1. The van der Waals surface area contributed by atoms with E-state index in [1.54, 1.807) is 0 Å². The largest absolute Gasteiger partial charge is 0.339 e.